The molecule has 1 rings (SSSR count). The largest absolute Gasteiger partial charge is 0.419 e. The summed E-state index contributed by atoms with van der Waals surface area (Å²) in [6.07, 6.45) is 0. The van der Waals surface area contributed by atoms with Crippen molar-refractivity contribution in [2.45, 2.75) is 19.9 Å². The van der Waals surface area contributed by atoms with Crippen molar-refractivity contribution in [3.63, 3.8) is 0 Å². The first-order valence-corrected chi connectivity index (χ1v) is 5.17. The summed E-state index contributed by atoms with van der Waals surface area (Å²) < 4.78 is 68.9. The fraction of sp³-hybridized carbons (Fsp3) is 0.364. The molecular weight excluding hydrogens is 273 g/mol. The van der Waals surface area contributed by atoms with Crippen LogP contribution in [0.1, 0.15) is 13.8 Å². The van der Waals surface area contributed by atoms with E-state index in [1.165, 1.54) is 13.8 Å². The van der Waals surface area contributed by atoms with Gasteiger partial charge in [-0.15, -0.1) is 0 Å². The monoisotopic (exact) mass is 283 g/mol. The van der Waals surface area contributed by atoms with Crippen LogP contribution in [0.5, 0.6) is 5.75 Å². The van der Waals surface area contributed by atoms with Gasteiger partial charge < -0.3 is 10.5 Å². The number of rotatable bonds is 3. The lowest BCUT2D eigenvalue weighted by atomic mass is 10.1. The van der Waals surface area contributed by atoms with Gasteiger partial charge in [0.15, 0.2) is 0 Å². The van der Waals surface area contributed by atoms with Gasteiger partial charge in [0, 0.05) is 0 Å². The predicted molar refractivity (Wildman–Crippen MR) is 54.7 cm³/mol. The molecule has 1 atom stereocenters. The van der Waals surface area contributed by atoms with Gasteiger partial charge in [-0.25, -0.2) is 18.0 Å². The highest BCUT2D eigenvalue weighted by Gasteiger charge is 2.30. The Balaban J connectivity index is 3.19. The number of carbonyl (C=O) groups is 1. The molecule has 0 aliphatic carbocycles. The first-order valence-electron chi connectivity index (χ1n) is 5.17. The molecule has 0 heterocycles. The average Bonchev–Trinajstić information content (AvgIpc) is 2.37. The first kappa shape index (κ1) is 15.4. The topological polar surface area (TPSA) is 52.3 Å². The second-order valence-electron chi connectivity index (χ2n) is 4.09. The van der Waals surface area contributed by atoms with Gasteiger partial charge in [0.2, 0.25) is 34.8 Å². The molecule has 1 aromatic rings. The Kier molecular flexibility index (Phi) is 4.46. The van der Waals surface area contributed by atoms with E-state index >= 15 is 0 Å². The van der Waals surface area contributed by atoms with Gasteiger partial charge in [-0.05, 0) is 5.92 Å². The van der Waals surface area contributed by atoms with E-state index in [1.807, 2.05) is 0 Å². The molecule has 0 aromatic heterocycles. The molecule has 0 aliphatic rings. The summed E-state index contributed by atoms with van der Waals surface area (Å²) >= 11 is 0. The van der Waals surface area contributed by atoms with Crippen molar-refractivity contribution < 1.29 is 31.5 Å². The lowest BCUT2D eigenvalue weighted by Gasteiger charge is -2.15. The molecule has 0 aliphatic heterocycles. The van der Waals surface area contributed by atoms with Crippen LogP contribution >= 0.6 is 0 Å². The normalized spacial score (nSPS) is 12.7. The second kappa shape index (κ2) is 5.52. The Bertz CT molecular complexity index is 489. The summed E-state index contributed by atoms with van der Waals surface area (Å²) in [6.45, 7) is 3.04. The first-order chi connectivity index (χ1) is 8.68. The van der Waals surface area contributed by atoms with E-state index in [9.17, 15) is 26.7 Å². The highest BCUT2D eigenvalue weighted by atomic mass is 19.2. The maximum absolute atomic E-state index is 13.2. The maximum Gasteiger partial charge on any atom is 0.328 e. The number of nitrogens with two attached hydrogens (primary N) is 1. The van der Waals surface area contributed by atoms with Gasteiger partial charge in [-0.2, -0.15) is 8.78 Å². The van der Waals surface area contributed by atoms with Crippen LogP contribution < -0.4 is 10.5 Å². The quantitative estimate of drug-likeness (QED) is 0.304. The zero-order valence-electron chi connectivity index (χ0n) is 9.94. The van der Waals surface area contributed by atoms with Crippen molar-refractivity contribution in [2.75, 3.05) is 0 Å². The Morgan fingerprint density at radius 2 is 1.32 bits per heavy atom. The van der Waals surface area contributed by atoms with Crippen LogP contribution in [0.3, 0.4) is 0 Å². The molecule has 19 heavy (non-hydrogen) atoms. The summed E-state index contributed by atoms with van der Waals surface area (Å²) in [4.78, 5) is 11.3. The standard InChI is InChI=1S/C11H10F5NO2/c1-3(2)9(17)11(18)19-10-7(15)5(13)4(12)6(14)8(10)16/h3,9H,17H2,1-2H3/t9-/m0/s1. The molecule has 0 fully saturated rings. The Hall–Kier alpha value is -1.70. The molecule has 0 radical (unpaired) electrons. The molecule has 0 saturated heterocycles. The number of halogens is 5. The molecule has 0 unspecified atom stereocenters. The van der Waals surface area contributed by atoms with Crippen LogP contribution in [0.15, 0.2) is 0 Å². The third-order valence-corrected chi connectivity index (χ3v) is 2.36. The summed E-state index contributed by atoms with van der Waals surface area (Å²) in [6, 6.07) is -1.25. The molecule has 3 nitrogen and oxygen atoms in total. The van der Waals surface area contributed by atoms with Gasteiger partial charge in [-0.1, -0.05) is 13.8 Å². The van der Waals surface area contributed by atoms with Gasteiger partial charge in [0.1, 0.15) is 6.04 Å². The lowest BCUT2D eigenvalue weighted by Crippen LogP contribution is -2.39. The van der Waals surface area contributed by atoms with Crippen molar-refractivity contribution in [2.24, 2.45) is 11.7 Å². The fourth-order valence-corrected chi connectivity index (χ4v) is 1.12. The number of esters is 1. The summed E-state index contributed by atoms with van der Waals surface area (Å²) in [5.41, 5.74) is 5.33. The minimum Gasteiger partial charge on any atom is -0.419 e. The van der Waals surface area contributed by atoms with Crippen molar-refractivity contribution in [1.29, 1.82) is 0 Å². The number of ether oxygens (including phenoxy) is 1. The van der Waals surface area contributed by atoms with E-state index in [4.69, 9.17) is 5.73 Å². The van der Waals surface area contributed by atoms with Crippen LogP contribution in [0.25, 0.3) is 0 Å². The number of carbonyl (C=O) groups excluding carboxylic acids is 1. The molecule has 106 valence electrons. The minimum atomic E-state index is -2.33. The van der Waals surface area contributed by atoms with Crippen molar-refractivity contribution in [3.8, 4) is 5.75 Å². The number of hydrogen-bond donors (Lipinski definition) is 1. The van der Waals surface area contributed by atoms with E-state index in [2.05, 4.69) is 4.74 Å². The zero-order chi connectivity index (χ0) is 14.9. The summed E-state index contributed by atoms with van der Waals surface area (Å²) in [5, 5.41) is 0. The maximum atomic E-state index is 13.2. The highest BCUT2D eigenvalue weighted by molar-refractivity contribution is 5.78. The fourth-order valence-electron chi connectivity index (χ4n) is 1.12. The second-order valence-corrected chi connectivity index (χ2v) is 4.09. The van der Waals surface area contributed by atoms with Crippen LogP contribution in [-0.4, -0.2) is 12.0 Å². The summed E-state index contributed by atoms with van der Waals surface area (Å²) in [7, 11) is 0. The molecule has 8 heteroatoms. The van der Waals surface area contributed by atoms with Gasteiger partial charge in [0.05, 0.1) is 0 Å². The van der Waals surface area contributed by atoms with E-state index in [1.54, 1.807) is 0 Å². The van der Waals surface area contributed by atoms with E-state index in [0.717, 1.165) is 0 Å². The smallest absolute Gasteiger partial charge is 0.328 e. The van der Waals surface area contributed by atoms with Gasteiger partial charge >= 0.3 is 5.97 Å². The van der Waals surface area contributed by atoms with Gasteiger partial charge in [-0.3, -0.25) is 0 Å². The van der Waals surface area contributed by atoms with E-state index < -0.39 is 52.8 Å². The molecule has 1 aromatic carbocycles. The van der Waals surface area contributed by atoms with Crippen LogP contribution in [0.2, 0.25) is 0 Å². The van der Waals surface area contributed by atoms with Gasteiger partial charge in [0.25, 0.3) is 0 Å². The Morgan fingerprint density at radius 3 is 1.68 bits per heavy atom. The zero-order valence-corrected chi connectivity index (χ0v) is 9.94. The van der Waals surface area contributed by atoms with Crippen LogP contribution in [-0.2, 0) is 4.79 Å². The predicted octanol–water partition coefficient (Wildman–Crippen LogP) is 2.27. The van der Waals surface area contributed by atoms with E-state index in [0.29, 0.717) is 0 Å². The molecule has 0 bridgehead atoms. The molecular formula is C11H10F5NO2. The SMILES string of the molecule is CC(C)[C@H](N)C(=O)Oc1c(F)c(F)c(F)c(F)c1F. The Labute approximate surface area is 105 Å². The molecule has 2 N–H and O–H groups in total. The minimum absolute atomic E-state index is 0.436. The van der Waals surface area contributed by atoms with Crippen molar-refractivity contribution in [3.05, 3.63) is 29.1 Å². The van der Waals surface area contributed by atoms with E-state index in [-0.39, 0.29) is 0 Å². The van der Waals surface area contributed by atoms with Crippen molar-refractivity contribution >= 4 is 5.97 Å². The van der Waals surface area contributed by atoms with Crippen molar-refractivity contribution in [1.82, 2.24) is 0 Å². The Morgan fingerprint density at radius 1 is 0.947 bits per heavy atom. The van der Waals surface area contributed by atoms with Crippen LogP contribution in [0.4, 0.5) is 22.0 Å². The number of benzene rings is 1. The molecule has 0 saturated carbocycles. The average molecular weight is 283 g/mol. The summed E-state index contributed by atoms with van der Waals surface area (Å²) in [5.74, 6) is -14.5. The molecule has 0 amide bonds. The lowest BCUT2D eigenvalue weighted by molar-refractivity contribution is -0.137. The third kappa shape index (κ3) is 2.83. The third-order valence-electron chi connectivity index (χ3n) is 2.36. The number of hydrogen-bond acceptors (Lipinski definition) is 3. The molecule has 0 spiro atoms. The van der Waals surface area contributed by atoms with Crippen LogP contribution in [0, 0.1) is 35.0 Å². The highest BCUT2D eigenvalue weighted by Crippen LogP contribution is 2.29.